The summed E-state index contributed by atoms with van der Waals surface area (Å²) in [6.07, 6.45) is 1.80. The normalized spacial score (nSPS) is 25.9. The molecule has 1 aliphatic heterocycles. The van der Waals surface area contributed by atoms with E-state index in [4.69, 9.17) is 9.88 Å². The summed E-state index contributed by atoms with van der Waals surface area (Å²) in [5.74, 6) is 0.0243. The molecule has 0 spiro atoms. The minimum atomic E-state index is -3.48. The van der Waals surface area contributed by atoms with Crippen LogP contribution in [-0.4, -0.2) is 26.4 Å². The van der Waals surface area contributed by atoms with Crippen LogP contribution < -0.4 is 5.14 Å². The zero-order valence-corrected chi connectivity index (χ0v) is 8.93. The molecule has 0 aromatic heterocycles. The Morgan fingerprint density at radius 3 is 2.46 bits per heavy atom. The average Bonchev–Trinajstić information content (AvgIpc) is 2.04. The van der Waals surface area contributed by atoms with Crippen LogP contribution in [0.15, 0.2) is 0 Å². The average molecular weight is 207 g/mol. The van der Waals surface area contributed by atoms with E-state index >= 15 is 0 Å². The van der Waals surface area contributed by atoms with Crippen LogP contribution in [0.3, 0.4) is 0 Å². The second kappa shape index (κ2) is 3.55. The zero-order valence-electron chi connectivity index (χ0n) is 8.12. The first kappa shape index (κ1) is 10.9. The second-order valence-electron chi connectivity index (χ2n) is 4.06. The number of sulfonamides is 1. The largest absolute Gasteiger partial charge is 0.381 e. The fraction of sp³-hybridized carbons (Fsp3) is 1.00. The molecular formula is C8H17NO3S. The molecule has 0 amide bonds. The van der Waals surface area contributed by atoms with Gasteiger partial charge < -0.3 is 4.74 Å². The van der Waals surface area contributed by atoms with Crippen LogP contribution >= 0.6 is 0 Å². The van der Waals surface area contributed by atoms with Crippen molar-refractivity contribution in [3.8, 4) is 0 Å². The lowest BCUT2D eigenvalue weighted by atomic mass is 9.90. The topological polar surface area (TPSA) is 69.4 Å². The van der Waals surface area contributed by atoms with Crippen molar-refractivity contribution in [2.75, 3.05) is 13.2 Å². The van der Waals surface area contributed by atoms with E-state index < -0.39 is 14.8 Å². The molecule has 1 fully saturated rings. The van der Waals surface area contributed by atoms with Crippen LogP contribution in [-0.2, 0) is 14.8 Å². The summed E-state index contributed by atoms with van der Waals surface area (Å²) in [5.41, 5.74) is 0. The van der Waals surface area contributed by atoms with Crippen LogP contribution in [0.5, 0.6) is 0 Å². The van der Waals surface area contributed by atoms with E-state index in [0.717, 1.165) is 19.4 Å². The van der Waals surface area contributed by atoms with Crippen LogP contribution in [0.4, 0.5) is 0 Å². The number of rotatable bonds is 2. The first-order chi connectivity index (χ1) is 5.86. The van der Waals surface area contributed by atoms with E-state index in [-0.39, 0.29) is 5.92 Å². The molecule has 78 valence electrons. The van der Waals surface area contributed by atoms with E-state index in [9.17, 15) is 8.42 Å². The van der Waals surface area contributed by atoms with Gasteiger partial charge in [0.15, 0.2) is 0 Å². The Kier molecular flexibility index (Phi) is 2.99. The highest BCUT2D eigenvalue weighted by Crippen LogP contribution is 2.30. The summed E-state index contributed by atoms with van der Waals surface area (Å²) in [7, 11) is -3.48. The predicted molar refractivity (Wildman–Crippen MR) is 50.7 cm³/mol. The molecule has 1 unspecified atom stereocenters. The number of hydrogen-bond donors (Lipinski definition) is 1. The molecule has 0 aliphatic carbocycles. The third kappa shape index (κ3) is 2.21. The van der Waals surface area contributed by atoms with Crippen molar-refractivity contribution in [2.45, 2.75) is 31.4 Å². The molecule has 1 saturated heterocycles. The third-order valence-corrected chi connectivity index (χ3v) is 4.68. The summed E-state index contributed by atoms with van der Waals surface area (Å²) >= 11 is 0. The van der Waals surface area contributed by atoms with Gasteiger partial charge in [-0.1, -0.05) is 0 Å². The van der Waals surface area contributed by atoms with Gasteiger partial charge in [0.05, 0.1) is 11.4 Å². The lowest BCUT2D eigenvalue weighted by Gasteiger charge is -2.34. The number of hydrogen-bond acceptors (Lipinski definition) is 3. The van der Waals surface area contributed by atoms with Gasteiger partial charge in [-0.25, -0.2) is 13.6 Å². The predicted octanol–water partition coefficient (Wildman–Crippen LogP) is 0.480. The molecule has 0 radical (unpaired) electrons. The fourth-order valence-corrected chi connectivity index (χ4v) is 2.17. The standard InChI is InChI=1S/C8H17NO3S/c1-8(2,13(9,10)11)7-4-3-5-12-6-7/h7H,3-6H2,1-2H3,(H2,9,10,11). The first-order valence-electron chi connectivity index (χ1n) is 4.46. The number of nitrogens with two attached hydrogens (primary N) is 1. The van der Waals surface area contributed by atoms with E-state index in [2.05, 4.69) is 0 Å². The maximum atomic E-state index is 11.3. The van der Waals surface area contributed by atoms with Crippen molar-refractivity contribution in [2.24, 2.45) is 11.1 Å². The fourth-order valence-electron chi connectivity index (χ4n) is 1.52. The van der Waals surface area contributed by atoms with Crippen molar-refractivity contribution < 1.29 is 13.2 Å². The summed E-state index contributed by atoms with van der Waals surface area (Å²) in [6, 6.07) is 0. The zero-order chi connectivity index (χ0) is 10.1. The first-order valence-corrected chi connectivity index (χ1v) is 6.00. The second-order valence-corrected chi connectivity index (χ2v) is 6.20. The van der Waals surface area contributed by atoms with Crippen molar-refractivity contribution in [3.63, 3.8) is 0 Å². The Morgan fingerprint density at radius 2 is 2.08 bits per heavy atom. The SMILES string of the molecule is CC(C)(C1CCCOC1)S(N)(=O)=O. The summed E-state index contributed by atoms with van der Waals surface area (Å²) in [6.45, 7) is 4.57. The molecule has 1 aliphatic rings. The Hall–Kier alpha value is -0.130. The highest BCUT2D eigenvalue weighted by atomic mass is 32.2. The molecule has 2 N–H and O–H groups in total. The Bertz CT molecular complexity index is 265. The van der Waals surface area contributed by atoms with Gasteiger partial charge >= 0.3 is 0 Å². The van der Waals surface area contributed by atoms with Crippen molar-refractivity contribution in [1.29, 1.82) is 0 Å². The summed E-state index contributed by atoms with van der Waals surface area (Å²) in [4.78, 5) is 0. The Balaban J connectivity index is 2.79. The van der Waals surface area contributed by atoms with E-state index in [0.29, 0.717) is 6.61 Å². The Morgan fingerprint density at radius 1 is 1.46 bits per heavy atom. The number of ether oxygens (including phenoxy) is 1. The van der Waals surface area contributed by atoms with E-state index in [1.165, 1.54) is 0 Å². The van der Waals surface area contributed by atoms with Crippen LogP contribution in [0.2, 0.25) is 0 Å². The summed E-state index contributed by atoms with van der Waals surface area (Å²) in [5, 5.41) is 5.16. The minimum Gasteiger partial charge on any atom is -0.381 e. The van der Waals surface area contributed by atoms with Crippen molar-refractivity contribution in [1.82, 2.24) is 0 Å². The molecule has 5 heteroatoms. The summed E-state index contributed by atoms with van der Waals surface area (Å²) < 4.78 is 26.9. The van der Waals surface area contributed by atoms with Crippen LogP contribution in [0.1, 0.15) is 26.7 Å². The molecule has 0 bridgehead atoms. The van der Waals surface area contributed by atoms with E-state index in [1.807, 2.05) is 0 Å². The molecule has 1 atom stereocenters. The van der Waals surface area contributed by atoms with Crippen molar-refractivity contribution in [3.05, 3.63) is 0 Å². The van der Waals surface area contributed by atoms with Crippen molar-refractivity contribution >= 4 is 10.0 Å². The van der Waals surface area contributed by atoms with Gasteiger partial charge in [0, 0.05) is 12.5 Å². The molecule has 1 heterocycles. The highest BCUT2D eigenvalue weighted by molar-refractivity contribution is 7.90. The molecule has 0 aromatic rings. The van der Waals surface area contributed by atoms with Gasteiger partial charge in [-0.15, -0.1) is 0 Å². The smallest absolute Gasteiger partial charge is 0.214 e. The van der Waals surface area contributed by atoms with Gasteiger partial charge in [0.2, 0.25) is 10.0 Å². The molecular weight excluding hydrogens is 190 g/mol. The van der Waals surface area contributed by atoms with Gasteiger partial charge in [-0.05, 0) is 26.7 Å². The van der Waals surface area contributed by atoms with Gasteiger partial charge in [0.25, 0.3) is 0 Å². The number of primary sulfonamides is 1. The van der Waals surface area contributed by atoms with Gasteiger partial charge in [-0.3, -0.25) is 0 Å². The molecule has 1 rings (SSSR count). The Labute approximate surface area is 79.5 Å². The third-order valence-electron chi connectivity index (χ3n) is 2.88. The van der Waals surface area contributed by atoms with Crippen LogP contribution in [0, 0.1) is 5.92 Å². The maximum absolute atomic E-state index is 11.3. The maximum Gasteiger partial charge on any atom is 0.214 e. The van der Waals surface area contributed by atoms with E-state index in [1.54, 1.807) is 13.8 Å². The quantitative estimate of drug-likeness (QED) is 0.716. The molecule has 0 saturated carbocycles. The molecule has 13 heavy (non-hydrogen) atoms. The van der Waals surface area contributed by atoms with Gasteiger partial charge in [-0.2, -0.15) is 0 Å². The van der Waals surface area contributed by atoms with Crippen LogP contribution in [0.25, 0.3) is 0 Å². The molecule has 0 aromatic carbocycles. The minimum absolute atomic E-state index is 0.0243. The lowest BCUT2D eigenvalue weighted by Crippen LogP contribution is -2.47. The van der Waals surface area contributed by atoms with Gasteiger partial charge in [0.1, 0.15) is 0 Å². The lowest BCUT2D eigenvalue weighted by molar-refractivity contribution is 0.0423. The highest BCUT2D eigenvalue weighted by Gasteiger charge is 2.40. The molecule has 4 nitrogen and oxygen atoms in total. The monoisotopic (exact) mass is 207 g/mol.